The molecule has 0 bridgehead atoms. The van der Waals surface area contributed by atoms with Crippen molar-refractivity contribution < 1.29 is 37.1 Å². The van der Waals surface area contributed by atoms with Gasteiger partial charge in [-0.2, -0.15) is 18.4 Å². The molecule has 2 N–H and O–H groups in total. The van der Waals surface area contributed by atoms with Crippen molar-refractivity contribution in [1.82, 2.24) is 25.1 Å². The number of nitrogens with zero attached hydrogens (tertiary/aromatic N) is 8. The number of aromatic nitrogens is 2. The van der Waals surface area contributed by atoms with Crippen molar-refractivity contribution in [2.75, 3.05) is 78.9 Å². The molecule has 3 aliphatic heterocycles. The third kappa shape index (κ3) is 11.4. The minimum atomic E-state index is -4.69. The molecule has 6 rings (SSSR count). The number of halogens is 3. The van der Waals surface area contributed by atoms with E-state index in [4.69, 9.17) is 5.26 Å². The van der Waals surface area contributed by atoms with Crippen LogP contribution in [0.5, 0.6) is 0 Å². The summed E-state index contributed by atoms with van der Waals surface area (Å²) in [4.78, 5) is 78.9. The summed E-state index contributed by atoms with van der Waals surface area (Å²) in [5.41, 5.74) is 1.66. The Morgan fingerprint density at radius 1 is 0.887 bits per heavy atom. The van der Waals surface area contributed by atoms with Gasteiger partial charge in [0.25, 0.3) is 5.91 Å². The number of carbonyl (C=O) groups is 5. The first-order chi connectivity index (χ1) is 29.8. The first-order valence-electron chi connectivity index (χ1n) is 21.1. The van der Waals surface area contributed by atoms with Crippen LogP contribution in [0, 0.1) is 30.1 Å². The van der Waals surface area contributed by atoms with Gasteiger partial charge < -0.3 is 20.0 Å². The lowest BCUT2D eigenvalue weighted by Gasteiger charge is -2.38. The monoisotopic (exact) mass is 858 g/mol. The van der Waals surface area contributed by atoms with Gasteiger partial charge in [0.05, 0.1) is 29.3 Å². The Balaban J connectivity index is 0.899. The van der Waals surface area contributed by atoms with E-state index in [1.807, 2.05) is 31.2 Å². The molecule has 0 radical (unpaired) electrons. The lowest BCUT2D eigenvalue weighted by atomic mass is 9.93. The van der Waals surface area contributed by atoms with Crippen LogP contribution in [-0.4, -0.2) is 115 Å². The van der Waals surface area contributed by atoms with Crippen molar-refractivity contribution in [3.8, 4) is 6.07 Å². The number of nitrogens with one attached hydrogen (secondary N) is 2. The van der Waals surface area contributed by atoms with E-state index in [1.54, 1.807) is 24.1 Å². The Hall–Kier alpha value is -6.09. The van der Waals surface area contributed by atoms with Crippen LogP contribution in [0.4, 0.5) is 36.1 Å². The van der Waals surface area contributed by atoms with E-state index in [0.29, 0.717) is 56.1 Å². The Kier molecular flexibility index (Phi) is 15.1. The smallest absolute Gasteiger partial charge is 0.370 e. The minimum absolute atomic E-state index is 0.0107. The predicted octanol–water partition coefficient (Wildman–Crippen LogP) is 5.00. The standard InChI is InChI=1S/C44H53F3N10O5/c1-30-3-5-34(23-37(30)43(62)57(29-59)31(2)4-8-41(60)51-28-58)56-21-19-53(20-22-56)14-9-32-10-15-54(16-11-32)35-6-7-40(50-26-35)52-42(61)33-12-17-55(18-13-33)36-24-38(44(45,46)47)39(25-48)49-27-36/h3,5-7,23-24,26-29,31-33H,4,8-22H2,1-2H3,(H,50,52,61)(H,51,58,60). The number of aryl methyl sites for hydroxylation is 1. The van der Waals surface area contributed by atoms with Crippen LogP contribution in [0.2, 0.25) is 0 Å². The molecule has 1 unspecified atom stereocenters. The van der Waals surface area contributed by atoms with Gasteiger partial charge in [-0.1, -0.05) is 6.07 Å². The molecule has 15 nitrogen and oxygen atoms in total. The molecule has 330 valence electrons. The second-order valence-electron chi connectivity index (χ2n) is 16.3. The van der Waals surface area contributed by atoms with Crippen LogP contribution < -0.4 is 25.3 Å². The summed E-state index contributed by atoms with van der Waals surface area (Å²) >= 11 is 0. The summed E-state index contributed by atoms with van der Waals surface area (Å²) < 4.78 is 40.3. The number of imide groups is 2. The third-order valence-electron chi connectivity index (χ3n) is 12.4. The van der Waals surface area contributed by atoms with Gasteiger partial charge >= 0.3 is 6.18 Å². The molecule has 18 heteroatoms. The molecule has 2 aromatic heterocycles. The molecule has 0 saturated carbocycles. The lowest BCUT2D eigenvalue weighted by molar-refractivity contribution is -0.138. The number of amides is 5. The van der Waals surface area contributed by atoms with E-state index < -0.39 is 35.3 Å². The van der Waals surface area contributed by atoms with Crippen molar-refractivity contribution in [2.24, 2.45) is 11.8 Å². The molecule has 3 aliphatic rings. The number of carbonyl (C=O) groups excluding carboxylic acids is 5. The zero-order valence-electron chi connectivity index (χ0n) is 35.1. The molecule has 5 amide bonds. The van der Waals surface area contributed by atoms with Crippen molar-refractivity contribution in [3.63, 3.8) is 0 Å². The fourth-order valence-electron chi connectivity index (χ4n) is 8.43. The summed E-state index contributed by atoms with van der Waals surface area (Å²) in [5, 5.41) is 14.0. The molecule has 62 heavy (non-hydrogen) atoms. The van der Waals surface area contributed by atoms with E-state index in [1.165, 1.54) is 12.3 Å². The van der Waals surface area contributed by atoms with Crippen molar-refractivity contribution in [3.05, 3.63) is 71.2 Å². The molecule has 1 aromatic carbocycles. The highest BCUT2D eigenvalue weighted by molar-refractivity contribution is 6.02. The molecule has 1 atom stereocenters. The van der Waals surface area contributed by atoms with Gasteiger partial charge in [0.15, 0.2) is 5.69 Å². The number of hydrogen-bond donors (Lipinski definition) is 2. The molecule has 3 aromatic rings. The number of hydrogen-bond acceptors (Lipinski definition) is 12. The van der Waals surface area contributed by atoms with Crippen LogP contribution in [0.15, 0.2) is 48.8 Å². The van der Waals surface area contributed by atoms with E-state index in [-0.39, 0.29) is 30.4 Å². The Labute approximate surface area is 359 Å². The highest BCUT2D eigenvalue weighted by atomic mass is 19.4. The van der Waals surface area contributed by atoms with Crippen molar-refractivity contribution in [2.45, 2.75) is 71.0 Å². The maximum Gasteiger partial charge on any atom is 0.419 e. The van der Waals surface area contributed by atoms with E-state index in [0.717, 1.165) is 93.0 Å². The number of pyridine rings is 2. The van der Waals surface area contributed by atoms with Crippen LogP contribution >= 0.6 is 0 Å². The Morgan fingerprint density at radius 2 is 1.53 bits per heavy atom. The zero-order chi connectivity index (χ0) is 44.4. The van der Waals surface area contributed by atoms with Gasteiger partial charge in [-0.15, -0.1) is 0 Å². The number of piperazine rings is 1. The van der Waals surface area contributed by atoms with Gasteiger partial charge in [0, 0.05) is 82.0 Å². The molecule has 0 aliphatic carbocycles. The van der Waals surface area contributed by atoms with Gasteiger partial charge in [-0.05, 0) is 101 Å². The summed E-state index contributed by atoms with van der Waals surface area (Å²) in [6.45, 7) is 10.5. The average molecular weight is 859 g/mol. The van der Waals surface area contributed by atoms with Gasteiger partial charge in [0.2, 0.25) is 24.6 Å². The predicted molar refractivity (Wildman–Crippen MR) is 226 cm³/mol. The van der Waals surface area contributed by atoms with Gasteiger partial charge in [0.1, 0.15) is 11.9 Å². The van der Waals surface area contributed by atoms with Crippen LogP contribution in [-0.2, 0) is 25.4 Å². The summed E-state index contributed by atoms with van der Waals surface area (Å²) in [6.07, 6.45) is 3.56. The second kappa shape index (κ2) is 20.6. The largest absolute Gasteiger partial charge is 0.419 e. The van der Waals surface area contributed by atoms with E-state index in [9.17, 15) is 37.1 Å². The average Bonchev–Trinajstić information content (AvgIpc) is 3.28. The lowest BCUT2D eigenvalue weighted by Crippen LogP contribution is -2.47. The van der Waals surface area contributed by atoms with E-state index >= 15 is 0 Å². The quantitative estimate of drug-likeness (QED) is 0.196. The molecular formula is C44H53F3N10O5. The number of nitriles is 1. The Morgan fingerprint density at radius 3 is 2.16 bits per heavy atom. The van der Waals surface area contributed by atoms with Crippen LogP contribution in [0.3, 0.4) is 0 Å². The Bertz CT molecular complexity index is 2110. The normalized spacial score (nSPS) is 17.2. The minimum Gasteiger partial charge on any atom is -0.370 e. The number of alkyl halides is 3. The molecule has 5 heterocycles. The van der Waals surface area contributed by atoms with Crippen LogP contribution in [0.1, 0.15) is 79.0 Å². The third-order valence-corrected chi connectivity index (χ3v) is 12.4. The van der Waals surface area contributed by atoms with Crippen LogP contribution in [0.25, 0.3) is 0 Å². The van der Waals surface area contributed by atoms with Crippen molar-refractivity contribution in [1.29, 1.82) is 5.26 Å². The highest BCUT2D eigenvalue weighted by Gasteiger charge is 2.36. The number of rotatable bonds is 15. The number of piperidine rings is 2. The highest BCUT2D eigenvalue weighted by Crippen LogP contribution is 2.35. The molecular weight excluding hydrogens is 806 g/mol. The maximum atomic E-state index is 13.5. The maximum absolute atomic E-state index is 13.5. The van der Waals surface area contributed by atoms with Crippen molar-refractivity contribution >= 4 is 53.4 Å². The summed E-state index contributed by atoms with van der Waals surface area (Å²) in [7, 11) is 0. The first-order valence-corrected chi connectivity index (χ1v) is 21.1. The molecule has 3 fully saturated rings. The van der Waals surface area contributed by atoms with Gasteiger partial charge in [-0.25, -0.2) is 9.97 Å². The first kappa shape index (κ1) is 45.4. The van der Waals surface area contributed by atoms with E-state index in [2.05, 4.69) is 35.3 Å². The topological polar surface area (TPSA) is 175 Å². The summed E-state index contributed by atoms with van der Waals surface area (Å²) in [6, 6.07) is 11.4. The number of benzene rings is 1. The second-order valence-corrected chi connectivity index (χ2v) is 16.3. The summed E-state index contributed by atoms with van der Waals surface area (Å²) in [5.74, 6) is -0.322. The SMILES string of the molecule is Cc1ccc(N2CCN(CCC3CCN(c4ccc(NC(=O)C5CCN(c6cnc(C#N)c(C(F)(F)F)c6)CC5)nc4)CC3)CC2)cc1C(=O)N(C=O)C(C)CCC(=O)NC=O. The fourth-order valence-corrected chi connectivity index (χ4v) is 8.43. The fraction of sp³-hybridized carbons (Fsp3) is 0.500. The van der Waals surface area contributed by atoms with Gasteiger partial charge in [-0.3, -0.25) is 39.1 Å². The molecule has 0 spiro atoms. The molecule has 3 saturated heterocycles. The zero-order valence-corrected chi connectivity index (χ0v) is 35.1. The number of anilines is 4.